The van der Waals surface area contributed by atoms with Gasteiger partial charge in [-0.15, -0.1) is 10.2 Å². The van der Waals surface area contributed by atoms with Gasteiger partial charge < -0.3 is 10.1 Å². The molecule has 1 N–H and O–H groups in total. The SMILES string of the molecule is O=C(Cn1nnc(-c2ccc(F)cc2)n1)NC[C@@H]1CCCO1. The van der Waals surface area contributed by atoms with Crippen molar-refractivity contribution in [3.8, 4) is 11.4 Å². The Morgan fingerprint density at radius 1 is 1.41 bits per heavy atom. The summed E-state index contributed by atoms with van der Waals surface area (Å²) in [7, 11) is 0. The minimum absolute atomic E-state index is 0.0130. The number of hydrogen-bond acceptors (Lipinski definition) is 5. The Hall–Kier alpha value is -2.35. The molecule has 1 saturated heterocycles. The summed E-state index contributed by atoms with van der Waals surface area (Å²) < 4.78 is 18.3. The maximum Gasteiger partial charge on any atom is 0.243 e. The summed E-state index contributed by atoms with van der Waals surface area (Å²) in [6.07, 6.45) is 2.10. The number of rotatable bonds is 5. The Balaban J connectivity index is 1.54. The number of nitrogens with one attached hydrogen (secondary N) is 1. The summed E-state index contributed by atoms with van der Waals surface area (Å²) in [5, 5.41) is 14.6. The molecule has 3 rings (SSSR count). The Kier molecular flexibility index (Phi) is 4.38. The van der Waals surface area contributed by atoms with Crippen molar-refractivity contribution in [2.45, 2.75) is 25.5 Å². The maximum absolute atomic E-state index is 12.9. The van der Waals surface area contributed by atoms with E-state index < -0.39 is 0 Å². The summed E-state index contributed by atoms with van der Waals surface area (Å²) in [4.78, 5) is 13.0. The fourth-order valence-electron chi connectivity index (χ4n) is 2.24. The number of benzene rings is 1. The highest BCUT2D eigenvalue weighted by molar-refractivity contribution is 5.75. The first kappa shape index (κ1) is 14.6. The van der Waals surface area contributed by atoms with Crippen LogP contribution >= 0.6 is 0 Å². The Labute approximate surface area is 126 Å². The van der Waals surface area contributed by atoms with Crippen molar-refractivity contribution < 1.29 is 13.9 Å². The molecule has 22 heavy (non-hydrogen) atoms. The molecule has 1 aromatic carbocycles. The summed E-state index contributed by atoms with van der Waals surface area (Å²) in [6, 6.07) is 5.77. The van der Waals surface area contributed by atoms with E-state index in [2.05, 4.69) is 20.7 Å². The molecular weight excluding hydrogens is 289 g/mol. The molecule has 2 heterocycles. The number of carbonyl (C=O) groups excluding carboxylic acids is 1. The smallest absolute Gasteiger partial charge is 0.243 e. The highest BCUT2D eigenvalue weighted by Gasteiger charge is 2.16. The van der Waals surface area contributed by atoms with Crippen molar-refractivity contribution in [3.05, 3.63) is 30.1 Å². The Morgan fingerprint density at radius 2 is 2.23 bits per heavy atom. The van der Waals surface area contributed by atoms with Crippen molar-refractivity contribution in [3.63, 3.8) is 0 Å². The zero-order valence-corrected chi connectivity index (χ0v) is 11.9. The molecule has 8 heteroatoms. The standard InChI is InChI=1S/C14H16FN5O2/c15-11-5-3-10(4-6-11)14-17-19-20(18-14)9-13(21)16-8-12-2-1-7-22-12/h3-6,12H,1-2,7-9H2,(H,16,21)/t12-/m0/s1. The van der Waals surface area contributed by atoms with Crippen LogP contribution in [0.25, 0.3) is 11.4 Å². The van der Waals surface area contributed by atoms with Crippen LogP contribution in [0.2, 0.25) is 0 Å². The number of hydrogen-bond donors (Lipinski definition) is 1. The second kappa shape index (κ2) is 6.61. The van der Waals surface area contributed by atoms with Gasteiger partial charge in [0.05, 0.1) is 6.10 Å². The van der Waals surface area contributed by atoms with Gasteiger partial charge >= 0.3 is 0 Å². The molecule has 0 radical (unpaired) electrons. The third-order valence-electron chi connectivity index (χ3n) is 3.39. The lowest BCUT2D eigenvalue weighted by Crippen LogP contribution is -2.34. The molecule has 0 spiro atoms. The molecule has 0 bridgehead atoms. The molecule has 0 aliphatic carbocycles. The average molecular weight is 305 g/mol. The van der Waals surface area contributed by atoms with Gasteiger partial charge in [-0.25, -0.2) is 4.39 Å². The van der Waals surface area contributed by atoms with Gasteiger partial charge in [0.1, 0.15) is 12.4 Å². The molecule has 1 atom stereocenters. The molecule has 1 amide bonds. The van der Waals surface area contributed by atoms with E-state index in [1.54, 1.807) is 12.1 Å². The lowest BCUT2D eigenvalue weighted by atomic mass is 10.2. The van der Waals surface area contributed by atoms with Crippen LogP contribution in [-0.2, 0) is 16.1 Å². The van der Waals surface area contributed by atoms with Gasteiger partial charge in [-0.05, 0) is 42.3 Å². The summed E-state index contributed by atoms with van der Waals surface area (Å²) >= 11 is 0. The highest BCUT2D eigenvalue weighted by atomic mass is 19.1. The topological polar surface area (TPSA) is 81.9 Å². The highest BCUT2D eigenvalue weighted by Crippen LogP contribution is 2.13. The van der Waals surface area contributed by atoms with Crippen molar-refractivity contribution in [1.29, 1.82) is 0 Å². The molecule has 116 valence electrons. The average Bonchev–Trinajstić information content (AvgIpc) is 3.17. The van der Waals surface area contributed by atoms with Crippen LogP contribution < -0.4 is 5.32 Å². The zero-order valence-electron chi connectivity index (χ0n) is 11.9. The Bertz CT molecular complexity index is 637. The first-order valence-electron chi connectivity index (χ1n) is 7.13. The van der Waals surface area contributed by atoms with Gasteiger partial charge in [0.25, 0.3) is 0 Å². The van der Waals surface area contributed by atoms with Crippen LogP contribution in [-0.4, -0.2) is 45.4 Å². The van der Waals surface area contributed by atoms with E-state index in [4.69, 9.17) is 4.74 Å². The van der Waals surface area contributed by atoms with Gasteiger partial charge in [-0.1, -0.05) is 0 Å². The second-order valence-corrected chi connectivity index (χ2v) is 5.09. The maximum atomic E-state index is 12.9. The summed E-state index contributed by atoms with van der Waals surface area (Å²) in [6.45, 7) is 1.24. The van der Waals surface area contributed by atoms with Crippen LogP contribution in [0.3, 0.4) is 0 Å². The third kappa shape index (κ3) is 3.64. The van der Waals surface area contributed by atoms with E-state index in [0.29, 0.717) is 17.9 Å². The first-order chi connectivity index (χ1) is 10.7. The van der Waals surface area contributed by atoms with Crippen molar-refractivity contribution >= 4 is 5.91 Å². The quantitative estimate of drug-likeness (QED) is 0.882. The number of tetrazole rings is 1. The third-order valence-corrected chi connectivity index (χ3v) is 3.39. The van der Waals surface area contributed by atoms with Crippen molar-refractivity contribution in [1.82, 2.24) is 25.5 Å². The van der Waals surface area contributed by atoms with E-state index in [1.165, 1.54) is 16.9 Å². The van der Waals surface area contributed by atoms with Gasteiger partial charge in [-0.2, -0.15) is 4.80 Å². The molecule has 1 fully saturated rings. The van der Waals surface area contributed by atoms with Crippen molar-refractivity contribution in [2.75, 3.05) is 13.2 Å². The predicted octanol–water partition coefficient (Wildman–Crippen LogP) is 0.774. The zero-order chi connectivity index (χ0) is 15.4. The number of halogens is 1. The van der Waals surface area contributed by atoms with E-state index in [1.807, 2.05) is 0 Å². The fourth-order valence-corrected chi connectivity index (χ4v) is 2.24. The normalized spacial score (nSPS) is 17.6. The summed E-state index contributed by atoms with van der Waals surface area (Å²) in [5.74, 6) is -0.171. The van der Waals surface area contributed by atoms with Crippen LogP contribution in [0.5, 0.6) is 0 Å². The van der Waals surface area contributed by atoms with E-state index in [9.17, 15) is 9.18 Å². The van der Waals surface area contributed by atoms with E-state index in [0.717, 1.165) is 19.4 Å². The van der Waals surface area contributed by atoms with Crippen LogP contribution in [0.1, 0.15) is 12.8 Å². The number of amides is 1. The second-order valence-electron chi connectivity index (χ2n) is 5.09. The number of ether oxygens (including phenoxy) is 1. The molecule has 2 aromatic rings. The van der Waals surface area contributed by atoms with Crippen LogP contribution in [0.4, 0.5) is 4.39 Å². The Morgan fingerprint density at radius 3 is 2.95 bits per heavy atom. The lowest BCUT2D eigenvalue weighted by molar-refractivity contribution is -0.122. The fraction of sp³-hybridized carbons (Fsp3) is 0.429. The van der Waals surface area contributed by atoms with E-state index in [-0.39, 0.29) is 24.4 Å². The first-order valence-corrected chi connectivity index (χ1v) is 7.13. The summed E-state index contributed by atoms with van der Waals surface area (Å²) in [5.41, 5.74) is 0.646. The molecule has 1 aromatic heterocycles. The molecular formula is C14H16FN5O2. The molecule has 1 aliphatic rings. The molecule has 0 unspecified atom stereocenters. The van der Waals surface area contributed by atoms with Crippen LogP contribution in [0, 0.1) is 5.82 Å². The van der Waals surface area contributed by atoms with Crippen LogP contribution in [0.15, 0.2) is 24.3 Å². The van der Waals surface area contributed by atoms with Crippen molar-refractivity contribution in [2.24, 2.45) is 0 Å². The lowest BCUT2D eigenvalue weighted by Gasteiger charge is -2.10. The minimum atomic E-state index is -0.329. The van der Waals surface area contributed by atoms with Gasteiger partial charge in [-0.3, -0.25) is 4.79 Å². The number of carbonyl (C=O) groups is 1. The largest absolute Gasteiger partial charge is 0.376 e. The minimum Gasteiger partial charge on any atom is -0.376 e. The van der Waals surface area contributed by atoms with Gasteiger partial charge in [0, 0.05) is 18.7 Å². The number of aromatic nitrogens is 4. The van der Waals surface area contributed by atoms with E-state index >= 15 is 0 Å². The molecule has 7 nitrogen and oxygen atoms in total. The molecule has 1 aliphatic heterocycles. The van der Waals surface area contributed by atoms with Gasteiger partial charge in [0.2, 0.25) is 11.7 Å². The monoisotopic (exact) mass is 305 g/mol. The number of nitrogens with zero attached hydrogens (tertiary/aromatic N) is 4. The molecule has 0 saturated carbocycles. The van der Waals surface area contributed by atoms with Gasteiger partial charge in [0.15, 0.2) is 0 Å². The predicted molar refractivity (Wildman–Crippen MR) is 75.2 cm³/mol.